The van der Waals surface area contributed by atoms with Crippen LogP contribution in [-0.2, 0) is 16.1 Å². The highest BCUT2D eigenvalue weighted by atomic mass is 32.2. The molecule has 4 heterocycles. The number of methoxy groups -OCH3 is 1. The van der Waals surface area contributed by atoms with Crippen LogP contribution in [-0.4, -0.2) is 57.2 Å². The van der Waals surface area contributed by atoms with Gasteiger partial charge in [-0.2, -0.15) is 0 Å². The maximum Gasteiger partial charge on any atom is 0.266 e. The molecule has 9 heteroatoms. The normalized spacial score (nSPS) is 22.8. The van der Waals surface area contributed by atoms with Crippen molar-refractivity contribution in [3.05, 3.63) is 69.0 Å². The number of hydrogen-bond donors (Lipinski definition) is 0. The Morgan fingerprint density at radius 1 is 1.15 bits per heavy atom. The van der Waals surface area contributed by atoms with Crippen LogP contribution in [0.5, 0.6) is 5.75 Å². The summed E-state index contributed by atoms with van der Waals surface area (Å²) in [5.74, 6) is 1.06. The second-order valence-electron chi connectivity index (χ2n) is 8.85. The molecule has 2 fully saturated rings. The number of carbonyl (C=O) groups excluding carboxylic acids is 2. The SMILES string of the molecule is COc1ccc(C=C2SC(=S)N(CCC(=O)N3C[C@@H]4C[C@@H](C3)c3cccc(=O)n3C4)C2=O)cc1. The third-order valence-corrected chi connectivity index (χ3v) is 8.05. The fourth-order valence-electron chi connectivity index (χ4n) is 5.01. The molecule has 2 saturated heterocycles. The molecule has 7 nitrogen and oxygen atoms in total. The van der Waals surface area contributed by atoms with Gasteiger partial charge in [0.05, 0.1) is 12.0 Å². The van der Waals surface area contributed by atoms with Crippen LogP contribution < -0.4 is 10.3 Å². The van der Waals surface area contributed by atoms with E-state index in [9.17, 15) is 14.4 Å². The van der Waals surface area contributed by atoms with Crippen molar-refractivity contribution >= 4 is 46.2 Å². The summed E-state index contributed by atoms with van der Waals surface area (Å²) >= 11 is 6.69. The summed E-state index contributed by atoms with van der Waals surface area (Å²) in [5, 5.41) is 0. The Kier molecular flexibility index (Phi) is 6.31. The smallest absolute Gasteiger partial charge is 0.266 e. The summed E-state index contributed by atoms with van der Waals surface area (Å²) in [5.41, 5.74) is 1.93. The Labute approximate surface area is 207 Å². The summed E-state index contributed by atoms with van der Waals surface area (Å²) in [6, 6.07) is 12.8. The maximum absolute atomic E-state index is 13.1. The number of nitrogens with zero attached hydrogens (tertiary/aromatic N) is 3. The number of rotatable bonds is 5. The molecule has 5 rings (SSSR count). The highest BCUT2D eigenvalue weighted by molar-refractivity contribution is 8.26. The highest BCUT2D eigenvalue weighted by Gasteiger charge is 2.37. The fourth-order valence-corrected chi connectivity index (χ4v) is 6.32. The number of likely N-dealkylation sites (tertiary alicyclic amines) is 1. The first-order chi connectivity index (χ1) is 16.4. The molecular weight excluding hydrogens is 470 g/mol. The lowest BCUT2D eigenvalue weighted by Crippen LogP contribution is -2.49. The van der Waals surface area contributed by atoms with Crippen LogP contribution in [0, 0.1) is 5.92 Å². The number of hydrogen-bond acceptors (Lipinski definition) is 6. The molecule has 1 aromatic carbocycles. The molecule has 176 valence electrons. The van der Waals surface area contributed by atoms with Crippen molar-refractivity contribution in [3.8, 4) is 5.75 Å². The van der Waals surface area contributed by atoms with E-state index in [1.165, 1.54) is 16.7 Å². The van der Waals surface area contributed by atoms with E-state index in [1.54, 1.807) is 19.2 Å². The minimum Gasteiger partial charge on any atom is -0.497 e. The number of fused-ring (bicyclic) bond motifs is 4. The summed E-state index contributed by atoms with van der Waals surface area (Å²) in [7, 11) is 1.61. The van der Waals surface area contributed by atoms with E-state index in [4.69, 9.17) is 17.0 Å². The molecule has 0 N–H and O–H groups in total. The van der Waals surface area contributed by atoms with Gasteiger partial charge in [0.2, 0.25) is 5.91 Å². The maximum atomic E-state index is 13.1. The van der Waals surface area contributed by atoms with E-state index < -0.39 is 0 Å². The van der Waals surface area contributed by atoms with E-state index >= 15 is 0 Å². The topological polar surface area (TPSA) is 71.8 Å². The number of aromatic nitrogens is 1. The number of ether oxygens (including phenoxy) is 1. The lowest BCUT2D eigenvalue weighted by atomic mass is 9.83. The van der Waals surface area contributed by atoms with Crippen LogP contribution in [0.3, 0.4) is 0 Å². The van der Waals surface area contributed by atoms with Crippen molar-refractivity contribution in [2.45, 2.75) is 25.3 Å². The molecule has 1 aromatic heterocycles. The molecule has 0 saturated carbocycles. The Hall–Kier alpha value is -2.91. The summed E-state index contributed by atoms with van der Waals surface area (Å²) < 4.78 is 7.50. The lowest BCUT2D eigenvalue weighted by molar-refractivity contribution is -0.134. The van der Waals surface area contributed by atoms with Gasteiger partial charge in [-0.05, 0) is 42.2 Å². The average Bonchev–Trinajstić information content (AvgIpc) is 3.10. The summed E-state index contributed by atoms with van der Waals surface area (Å²) in [4.78, 5) is 42.2. The van der Waals surface area contributed by atoms with Crippen molar-refractivity contribution < 1.29 is 14.3 Å². The van der Waals surface area contributed by atoms with Crippen molar-refractivity contribution in [2.24, 2.45) is 5.92 Å². The van der Waals surface area contributed by atoms with Crippen LogP contribution in [0.25, 0.3) is 6.08 Å². The number of amides is 2. The third kappa shape index (κ3) is 4.42. The van der Waals surface area contributed by atoms with Crippen LogP contribution in [0.4, 0.5) is 0 Å². The number of thioether (sulfide) groups is 1. The van der Waals surface area contributed by atoms with Crippen molar-refractivity contribution in [1.82, 2.24) is 14.4 Å². The minimum absolute atomic E-state index is 0.0228. The van der Waals surface area contributed by atoms with Gasteiger partial charge in [-0.1, -0.05) is 42.2 Å². The van der Waals surface area contributed by atoms with Gasteiger partial charge in [0.1, 0.15) is 10.1 Å². The van der Waals surface area contributed by atoms with Gasteiger partial charge < -0.3 is 14.2 Å². The van der Waals surface area contributed by atoms with Crippen LogP contribution in [0.2, 0.25) is 0 Å². The predicted molar refractivity (Wildman–Crippen MR) is 136 cm³/mol. The standard InChI is InChI=1S/C25H25N3O4S2/c1-32-19-7-5-16(6-8-19)12-21-24(31)27(25(33)34-21)10-9-22(29)26-13-17-11-18(15-26)20-3-2-4-23(30)28(20)14-17/h2-8,12,17-18H,9-11,13-15H2,1H3/t17-,18-/m0/s1. The van der Waals surface area contributed by atoms with Crippen molar-refractivity contribution in [3.63, 3.8) is 0 Å². The predicted octanol–water partition coefficient (Wildman–Crippen LogP) is 3.09. The summed E-state index contributed by atoms with van der Waals surface area (Å²) in [6.45, 7) is 2.17. The highest BCUT2D eigenvalue weighted by Crippen LogP contribution is 2.36. The zero-order chi connectivity index (χ0) is 23.8. The van der Waals surface area contributed by atoms with Gasteiger partial charge in [-0.3, -0.25) is 19.3 Å². The quantitative estimate of drug-likeness (QED) is 0.469. The van der Waals surface area contributed by atoms with E-state index in [1.807, 2.05) is 45.9 Å². The first-order valence-corrected chi connectivity index (χ1v) is 12.5. The second-order valence-corrected chi connectivity index (χ2v) is 10.5. The molecule has 2 aromatic rings. The van der Waals surface area contributed by atoms with E-state index in [2.05, 4.69) is 0 Å². The number of piperidine rings is 1. The van der Waals surface area contributed by atoms with Crippen molar-refractivity contribution in [1.29, 1.82) is 0 Å². The van der Waals surface area contributed by atoms with E-state index in [0.717, 1.165) is 23.4 Å². The molecule has 2 amide bonds. The van der Waals surface area contributed by atoms with Gasteiger partial charge in [-0.25, -0.2) is 0 Å². The molecule has 0 aliphatic carbocycles. The van der Waals surface area contributed by atoms with Crippen LogP contribution in [0.15, 0.2) is 52.2 Å². The zero-order valence-corrected chi connectivity index (χ0v) is 20.4. The third-order valence-electron chi connectivity index (χ3n) is 6.67. The van der Waals surface area contributed by atoms with Crippen LogP contribution >= 0.6 is 24.0 Å². The zero-order valence-electron chi connectivity index (χ0n) is 18.8. The molecular formula is C25H25N3O4S2. The van der Waals surface area contributed by atoms with Crippen LogP contribution in [0.1, 0.15) is 30.0 Å². The first-order valence-electron chi connectivity index (χ1n) is 11.3. The Morgan fingerprint density at radius 3 is 2.71 bits per heavy atom. The molecule has 2 bridgehead atoms. The molecule has 0 unspecified atom stereocenters. The molecule has 3 aliphatic rings. The largest absolute Gasteiger partial charge is 0.497 e. The molecule has 0 spiro atoms. The van der Waals surface area contributed by atoms with Gasteiger partial charge >= 0.3 is 0 Å². The Bertz CT molecular complexity index is 1240. The average molecular weight is 496 g/mol. The van der Waals surface area contributed by atoms with Gasteiger partial charge in [0, 0.05) is 50.3 Å². The lowest BCUT2D eigenvalue weighted by Gasteiger charge is -2.42. The van der Waals surface area contributed by atoms with E-state index in [0.29, 0.717) is 28.9 Å². The number of benzene rings is 1. The minimum atomic E-state index is -0.164. The Balaban J connectivity index is 1.22. The molecule has 3 aliphatic heterocycles. The van der Waals surface area contributed by atoms with Gasteiger partial charge in [0.15, 0.2) is 0 Å². The van der Waals surface area contributed by atoms with Crippen molar-refractivity contribution in [2.75, 3.05) is 26.7 Å². The molecule has 2 atom stereocenters. The summed E-state index contributed by atoms with van der Waals surface area (Å²) in [6.07, 6.45) is 3.03. The monoisotopic (exact) mass is 495 g/mol. The van der Waals surface area contributed by atoms with Gasteiger partial charge in [-0.15, -0.1) is 0 Å². The van der Waals surface area contributed by atoms with E-state index in [-0.39, 0.29) is 42.2 Å². The number of thiocarbonyl (C=S) groups is 1. The first kappa shape index (κ1) is 22.9. The number of carbonyl (C=O) groups is 2. The molecule has 0 radical (unpaired) electrons. The number of pyridine rings is 1. The second kappa shape index (κ2) is 9.38. The Morgan fingerprint density at radius 2 is 1.94 bits per heavy atom. The van der Waals surface area contributed by atoms with Gasteiger partial charge in [0.25, 0.3) is 11.5 Å². The molecule has 34 heavy (non-hydrogen) atoms. The fraction of sp³-hybridized carbons (Fsp3) is 0.360.